The molecule has 0 radical (unpaired) electrons. The number of hydrogen-bond donors (Lipinski definition) is 1. The van der Waals surface area contributed by atoms with Crippen LogP contribution in [-0.4, -0.2) is 16.5 Å². The fourth-order valence-corrected chi connectivity index (χ4v) is 2.68. The van der Waals surface area contributed by atoms with Crippen LogP contribution < -0.4 is 5.32 Å². The SMILES string of the molecule is Cc1csc(CCNc2cccc(Cl)c2[N+](=O)[O-])n1. The molecule has 5 nitrogen and oxygen atoms in total. The maximum atomic E-state index is 10.9. The molecule has 0 unspecified atom stereocenters. The van der Waals surface area contributed by atoms with Crippen molar-refractivity contribution in [3.63, 3.8) is 0 Å². The Morgan fingerprint density at radius 2 is 2.32 bits per heavy atom. The number of rotatable bonds is 5. The molecule has 19 heavy (non-hydrogen) atoms. The van der Waals surface area contributed by atoms with E-state index >= 15 is 0 Å². The van der Waals surface area contributed by atoms with E-state index in [2.05, 4.69) is 10.3 Å². The molecule has 100 valence electrons. The zero-order chi connectivity index (χ0) is 13.8. The molecule has 0 bridgehead atoms. The molecule has 0 spiro atoms. The molecule has 1 aromatic carbocycles. The van der Waals surface area contributed by atoms with Crippen LogP contribution in [0.3, 0.4) is 0 Å². The van der Waals surface area contributed by atoms with Gasteiger partial charge in [-0.05, 0) is 19.1 Å². The van der Waals surface area contributed by atoms with Crippen molar-refractivity contribution in [3.8, 4) is 0 Å². The van der Waals surface area contributed by atoms with Gasteiger partial charge in [-0.25, -0.2) is 4.98 Å². The molecule has 7 heteroatoms. The van der Waals surface area contributed by atoms with Crippen molar-refractivity contribution < 1.29 is 4.92 Å². The molecule has 0 aliphatic heterocycles. The lowest BCUT2D eigenvalue weighted by atomic mass is 10.2. The highest BCUT2D eigenvalue weighted by molar-refractivity contribution is 7.09. The normalized spacial score (nSPS) is 10.4. The molecular formula is C12H12ClN3O2S. The number of hydrogen-bond acceptors (Lipinski definition) is 5. The fourth-order valence-electron chi connectivity index (χ4n) is 1.67. The van der Waals surface area contributed by atoms with E-state index in [1.807, 2.05) is 12.3 Å². The van der Waals surface area contributed by atoms with Crippen LogP contribution in [0.15, 0.2) is 23.6 Å². The van der Waals surface area contributed by atoms with E-state index in [4.69, 9.17) is 11.6 Å². The molecule has 0 aliphatic rings. The van der Waals surface area contributed by atoms with Crippen molar-refractivity contribution in [2.45, 2.75) is 13.3 Å². The van der Waals surface area contributed by atoms with Crippen molar-refractivity contribution in [1.82, 2.24) is 4.98 Å². The minimum atomic E-state index is -0.474. The van der Waals surface area contributed by atoms with Gasteiger partial charge in [-0.3, -0.25) is 10.1 Å². The molecule has 0 saturated carbocycles. The smallest absolute Gasteiger partial charge is 0.310 e. The Bertz CT molecular complexity index is 600. The number of anilines is 1. The van der Waals surface area contributed by atoms with Gasteiger partial charge < -0.3 is 5.32 Å². The number of aryl methyl sites for hydroxylation is 1. The molecule has 2 rings (SSSR count). The van der Waals surface area contributed by atoms with Crippen LogP contribution in [0, 0.1) is 17.0 Å². The van der Waals surface area contributed by atoms with E-state index in [1.165, 1.54) is 6.07 Å². The third-order valence-corrected chi connectivity index (χ3v) is 3.82. The van der Waals surface area contributed by atoms with Gasteiger partial charge in [-0.15, -0.1) is 11.3 Å². The number of nitrogens with zero attached hydrogens (tertiary/aromatic N) is 2. The quantitative estimate of drug-likeness (QED) is 0.675. The van der Waals surface area contributed by atoms with Crippen LogP contribution in [-0.2, 0) is 6.42 Å². The largest absolute Gasteiger partial charge is 0.379 e. The molecule has 0 saturated heterocycles. The van der Waals surface area contributed by atoms with Crippen molar-refractivity contribution in [3.05, 3.63) is 49.4 Å². The maximum absolute atomic E-state index is 10.9. The van der Waals surface area contributed by atoms with Crippen molar-refractivity contribution in [2.24, 2.45) is 0 Å². The Labute approximate surface area is 119 Å². The standard InChI is InChI=1S/C12H12ClN3O2S/c1-8-7-19-11(15-8)5-6-14-10-4-2-3-9(13)12(10)16(17)18/h2-4,7,14H,5-6H2,1H3. The molecule has 1 N–H and O–H groups in total. The van der Waals surface area contributed by atoms with Crippen molar-refractivity contribution in [2.75, 3.05) is 11.9 Å². The number of thiazole rings is 1. The average Bonchev–Trinajstić information content (AvgIpc) is 2.74. The van der Waals surface area contributed by atoms with Crippen LogP contribution in [0.5, 0.6) is 0 Å². The Morgan fingerprint density at radius 1 is 1.53 bits per heavy atom. The molecule has 2 aromatic rings. The lowest BCUT2D eigenvalue weighted by molar-refractivity contribution is -0.383. The monoisotopic (exact) mass is 297 g/mol. The van der Waals surface area contributed by atoms with Gasteiger partial charge in [0.25, 0.3) is 0 Å². The average molecular weight is 298 g/mol. The van der Waals surface area contributed by atoms with E-state index in [1.54, 1.807) is 23.5 Å². The third kappa shape index (κ3) is 3.42. The van der Waals surface area contributed by atoms with Crippen LogP contribution in [0.1, 0.15) is 10.7 Å². The van der Waals surface area contributed by atoms with Gasteiger partial charge in [0.15, 0.2) is 0 Å². The van der Waals surface area contributed by atoms with Crippen LogP contribution in [0.4, 0.5) is 11.4 Å². The van der Waals surface area contributed by atoms with Gasteiger partial charge in [0.2, 0.25) is 0 Å². The first-order chi connectivity index (χ1) is 9.08. The Morgan fingerprint density at radius 3 is 2.95 bits per heavy atom. The summed E-state index contributed by atoms with van der Waals surface area (Å²) < 4.78 is 0. The second kappa shape index (κ2) is 5.99. The maximum Gasteiger partial charge on any atom is 0.310 e. The molecule has 0 amide bonds. The van der Waals surface area contributed by atoms with E-state index < -0.39 is 4.92 Å². The molecule has 0 fully saturated rings. The lowest BCUT2D eigenvalue weighted by Crippen LogP contribution is -2.07. The number of para-hydroxylation sites is 1. The summed E-state index contributed by atoms with van der Waals surface area (Å²) in [6.45, 7) is 2.52. The molecule has 1 aromatic heterocycles. The highest BCUT2D eigenvalue weighted by Gasteiger charge is 2.17. The summed E-state index contributed by atoms with van der Waals surface area (Å²) in [5.74, 6) is 0. The lowest BCUT2D eigenvalue weighted by Gasteiger charge is -2.06. The van der Waals surface area contributed by atoms with Gasteiger partial charge in [-0.1, -0.05) is 17.7 Å². The number of aromatic nitrogens is 1. The van der Waals surface area contributed by atoms with Crippen LogP contribution in [0.2, 0.25) is 5.02 Å². The molecule has 0 aliphatic carbocycles. The summed E-state index contributed by atoms with van der Waals surface area (Å²) in [7, 11) is 0. The number of benzene rings is 1. The van der Waals surface area contributed by atoms with Gasteiger partial charge >= 0.3 is 5.69 Å². The highest BCUT2D eigenvalue weighted by atomic mass is 35.5. The van der Waals surface area contributed by atoms with E-state index in [0.29, 0.717) is 12.2 Å². The summed E-state index contributed by atoms with van der Waals surface area (Å²) >= 11 is 7.42. The van der Waals surface area contributed by atoms with Gasteiger partial charge in [0.1, 0.15) is 10.7 Å². The van der Waals surface area contributed by atoms with Crippen molar-refractivity contribution >= 4 is 34.3 Å². The fraction of sp³-hybridized carbons (Fsp3) is 0.250. The van der Waals surface area contributed by atoms with E-state index in [0.717, 1.165) is 17.1 Å². The van der Waals surface area contributed by atoms with Crippen LogP contribution in [0.25, 0.3) is 0 Å². The van der Waals surface area contributed by atoms with E-state index in [9.17, 15) is 10.1 Å². The van der Waals surface area contributed by atoms with Gasteiger partial charge in [0, 0.05) is 24.0 Å². The minimum absolute atomic E-state index is 0.0838. The zero-order valence-corrected chi connectivity index (χ0v) is 11.8. The topological polar surface area (TPSA) is 68.1 Å². The summed E-state index contributed by atoms with van der Waals surface area (Å²) in [6, 6.07) is 4.84. The number of nitro groups is 1. The first-order valence-electron chi connectivity index (χ1n) is 5.65. The van der Waals surface area contributed by atoms with Gasteiger partial charge in [0.05, 0.1) is 9.93 Å². The Balaban J connectivity index is 2.03. The summed E-state index contributed by atoms with van der Waals surface area (Å²) in [5.41, 5.74) is 1.35. The Hall–Kier alpha value is -1.66. The second-order valence-electron chi connectivity index (χ2n) is 3.95. The number of nitro benzene ring substituents is 1. The highest BCUT2D eigenvalue weighted by Crippen LogP contribution is 2.32. The summed E-state index contributed by atoms with van der Waals surface area (Å²) in [6.07, 6.45) is 0.724. The predicted octanol–water partition coefficient (Wildman–Crippen LogP) is 3.67. The number of nitrogens with one attached hydrogen (secondary N) is 1. The minimum Gasteiger partial charge on any atom is -0.379 e. The molecule has 1 heterocycles. The summed E-state index contributed by atoms with van der Waals surface area (Å²) in [5, 5.41) is 17.1. The molecule has 0 atom stereocenters. The third-order valence-electron chi connectivity index (χ3n) is 2.49. The molecular weight excluding hydrogens is 286 g/mol. The van der Waals surface area contributed by atoms with Crippen molar-refractivity contribution in [1.29, 1.82) is 0 Å². The summed E-state index contributed by atoms with van der Waals surface area (Å²) in [4.78, 5) is 14.8. The second-order valence-corrected chi connectivity index (χ2v) is 5.30. The van der Waals surface area contributed by atoms with Gasteiger partial charge in [-0.2, -0.15) is 0 Å². The zero-order valence-electron chi connectivity index (χ0n) is 10.2. The predicted molar refractivity (Wildman–Crippen MR) is 77.2 cm³/mol. The number of halogens is 1. The first kappa shape index (κ1) is 13.8. The Kier molecular flexibility index (Phi) is 4.34. The van der Waals surface area contributed by atoms with E-state index in [-0.39, 0.29) is 10.7 Å². The first-order valence-corrected chi connectivity index (χ1v) is 6.91. The van der Waals surface area contributed by atoms with Crippen LogP contribution >= 0.6 is 22.9 Å².